The number of hydrogen-bond acceptors (Lipinski definition) is 3. The largest absolute Gasteiger partial charge is 0.436 e. The summed E-state index contributed by atoms with van der Waals surface area (Å²) < 4.78 is 6.28. The number of fused-ring (bicyclic) bond motifs is 8. The van der Waals surface area contributed by atoms with Crippen LogP contribution in [0.2, 0.25) is 0 Å². The molecule has 1 aliphatic carbocycles. The summed E-state index contributed by atoms with van der Waals surface area (Å²) in [5.74, 6) is 0.655. The minimum Gasteiger partial charge on any atom is -0.436 e. The van der Waals surface area contributed by atoms with Crippen LogP contribution < -0.4 is 4.90 Å². The first-order chi connectivity index (χ1) is 27.2. The zero-order valence-electron chi connectivity index (χ0n) is 30.0. The van der Waals surface area contributed by atoms with E-state index in [4.69, 9.17) is 9.40 Å². The summed E-state index contributed by atoms with van der Waals surface area (Å²) >= 11 is 0. The molecule has 0 saturated heterocycles. The van der Waals surface area contributed by atoms with Crippen LogP contribution in [0.25, 0.3) is 77.5 Å². The van der Waals surface area contributed by atoms with Crippen molar-refractivity contribution in [1.29, 1.82) is 0 Å². The van der Waals surface area contributed by atoms with Gasteiger partial charge in [-0.05, 0) is 116 Å². The van der Waals surface area contributed by atoms with Gasteiger partial charge in [0.25, 0.3) is 0 Å². The molecule has 3 nitrogen and oxygen atoms in total. The number of para-hydroxylation sites is 1. The van der Waals surface area contributed by atoms with Crippen molar-refractivity contribution in [3.63, 3.8) is 0 Å². The van der Waals surface area contributed by atoms with Gasteiger partial charge >= 0.3 is 0 Å². The van der Waals surface area contributed by atoms with Crippen LogP contribution in [-0.4, -0.2) is 4.98 Å². The third-order valence-electron chi connectivity index (χ3n) is 11.1. The summed E-state index contributed by atoms with van der Waals surface area (Å²) in [6.07, 6.45) is 0.894. The SMILES string of the molecule is c1ccc(-c2nc3c4c(ccc3o2)Cc2ccc(-c3ccc(N(c5ccc6c(ccc7ccccc76)c5)c5ccccc5-c5ccccc5)cc3)cc2-4)cc1. The minimum absolute atomic E-state index is 0.655. The van der Waals surface area contributed by atoms with Gasteiger partial charge in [-0.15, -0.1) is 0 Å². The fourth-order valence-corrected chi connectivity index (χ4v) is 8.44. The van der Waals surface area contributed by atoms with Crippen LogP contribution in [-0.2, 0) is 6.42 Å². The molecule has 0 fully saturated rings. The van der Waals surface area contributed by atoms with Crippen LogP contribution in [0, 0.1) is 0 Å². The summed E-state index contributed by atoms with van der Waals surface area (Å²) in [6, 6.07) is 69.6. The Morgan fingerprint density at radius 3 is 1.96 bits per heavy atom. The summed E-state index contributed by atoms with van der Waals surface area (Å²) in [5, 5.41) is 4.99. The van der Waals surface area contributed by atoms with E-state index in [1.807, 2.05) is 30.3 Å². The van der Waals surface area contributed by atoms with Crippen LogP contribution in [0.15, 0.2) is 199 Å². The molecule has 0 atom stereocenters. The molecule has 0 aliphatic heterocycles. The number of anilines is 3. The van der Waals surface area contributed by atoms with Gasteiger partial charge in [0.05, 0.1) is 5.69 Å². The Morgan fingerprint density at radius 1 is 0.436 bits per heavy atom. The molecule has 3 heteroatoms. The molecule has 0 saturated carbocycles. The van der Waals surface area contributed by atoms with Crippen LogP contribution >= 0.6 is 0 Å². The van der Waals surface area contributed by atoms with Gasteiger partial charge in [-0.25, -0.2) is 4.98 Å². The second-order valence-electron chi connectivity index (χ2n) is 14.3. The molecule has 1 aromatic heterocycles. The molecule has 0 N–H and O–H groups in total. The first-order valence-corrected chi connectivity index (χ1v) is 18.8. The van der Waals surface area contributed by atoms with Gasteiger partial charge in [-0.2, -0.15) is 0 Å². The lowest BCUT2D eigenvalue weighted by Gasteiger charge is -2.28. The standard InChI is InChI=1S/C52H34N2O/c1-3-11-35(12-4-1)46-17-9-10-18-48(46)54(43-28-29-45-40(32-43)21-19-36-13-7-8-16-44(36)45)42-26-23-34(24-27-42)38-20-22-39-31-41-25-30-49-51(50(41)47(39)33-38)53-52(55-49)37-14-5-2-6-15-37/h1-30,32-33H,31H2. The van der Waals surface area contributed by atoms with Crippen molar-refractivity contribution in [2.24, 2.45) is 0 Å². The maximum Gasteiger partial charge on any atom is 0.227 e. The highest BCUT2D eigenvalue weighted by Crippen LogP contribution is 2.45. The molecule has 55 heavy (non-hydrogen) atoms. The minimum atomic E-state index is 0.655. The molecule has 0 unspecified atom stereocenters. The molecule has 0 radical (unpaired) electrons. The second-order valence-corrected chi connectivity index (χ2v) is 14.3. The Morgan fingerprint density at radius 2 is 1.11 bits per heavy atom. The van der Waals surface area contributed by atoms with E-state index in [9.17, 15) is 0 Å². The number of oxazole rings is 1. The predicted molar refractivity (Wildman–Crippen MR) is 228 cm³/mol. The molecule has 0 bridgehead atoms. The lowest BCUT2D eigenvalue weighted by atomic mass is 9.97. The van der Waals surface area contributed by atoms with Crippen molar-refractivity contribution in [3.05, 3.63) is 205 Å². The van der Waals surface area contributed by atoms with Gasteiger partial charge in [0.1, 0.15) is 5.52 Å². The predicted octanol–water partition coefficient (Wildman–Crippen LogP) is 14.2. The summed E-state index contributed by atoms with van der Waals surface area (Å²) in [7, 11) is 0. The van der Waals surface area contributed by atoms with Crippen molar-refractivity contribution in [3.8, 4) is 44.8 Å². The Hall–Kier alpha value is -7.23. The van der Waals surface area contributed by atoms with Crippen molar-refractivity contribution < 1.29 is 4.42 Å². The highest BCUT2D eigenvalue weighted by atomic mass is 16.3. The van der Waals surface area contributed by atoms with E-state index >= 15 is 0 Å². The smallest absolute Gasteiger partial charge is 0.227 e. The van der Waals surface area contributed by atoms with Gasteiger partial charge in [-0.1, -0.05) is 140 Å². The molecule has 0 amide bonds. The zero-order valence-corrected chi connectivity index (χ0v) is 30.0. The maximum absolute atomic E-state index is 6.28. The lowest BCUT2D eigenvalue weighted by molar-refractivity contribution is 0.620. The Balaban J connectivity index is 1.01. The molecule has 258 valence electrons. The number of rotatable bonds is 6. The normalized spacial score (nSPS) is 11.9. The fraction of sp³-hybridized carbons (Fsp3) is 0.0192. The topological polar surface area (TPSA) is 29.3 Å². The maximum atomic E-state index is 6.28. The Bertz CT molecular complexity index is 3050. The lowest BCUT2D eigenvalue weighted by Crippen LogP contribution is -2.11. The number of benzene rings is 9. The number of hydrogen-bond donors (Lipinski definition) is 0. The van der Waals surface area contributed by atoms with Crippen molar-refractivity contribution in [2.75, 3.05) is 4.90 Å². The molecular formula is C52H34N2O. The van der Waals surface area contributed by atoms with Gasteiger partial charge < -0.3 is 9.32 Å². The van der Waals surface area contributed by atoms with Crippen LogP contribution in [0.5, 0.6) is 0 Å². The highest BCUT2D eigenvalue weighted by molar-refractivity contribution is 6.09. The van der Waals surface area contributed by atoms with Crippen LogP contribution in [0.1, 0.15) is 11.1 Å². The fourth-order valence-electron chi connectivity index (χ4n) is 8.44. The third-order valence-corrected chi connectivity index (χ3v) is 11.1. The summed E-state index contributed by atoms with van der Waals surface area (Å²) in [6.45, 7) is 0. The first-order valence-electron chi connectivity index (χ1n) is 18.8. The van der Waals surface area contributed by atoms with Gasteiger partial charge in [0.15, 0.2) is 5.58 Å². The molecule has 1 heterocycles. The van der Waals surface area contributed by atoms with E-state index in [2.05, 4.69) is 169 Å². The molecule has 9 aromatic carbocycles. The van der Waals surface area contributed by atoms with E-state index in [0.29, 0.717) is 5.89 Å². The van der Waals surface area contributed by atoms with Gasteiger partial charge in [-0.3, -0.25) is 0 Å². The molecule has 11 rings (SSSR count). The Kier molecular flexibility index (Phi) is 7.24. The average Bonchev–Trinajstić information content (AvgIpc) is 3.86. The average molecular weight is 703 g/mol. The Labute approximate surface area is 319 Å². The quantitative estimate of drug-likeness (QED) is 0.162. The van der Waals surface area contributed by atoms with Crippen molar-refractivity contribution >= 4 is 49.7 Å². The van der Waals surface area contributed by atoms with Crippen molar-refractivity contribution in [1.82, 2.24) is 4.98 Å². The first kappa shape index (κ1) is 31.3. The number of aromatic nitrogens is 1. The van der Waals surface area contributed by atoms with Crippen LogP contribution in [0.3, 0.4) is 0 Å². The summed E-state index contributed by atoms with van der Waals surface area (Å²) in [5.41, 5.74) is 15.8. The van der Waals surface area contributed by atoms with E-state index in [1.54, 1.807) is 0 Å². The number of nitrogens with zero attached hydrogens (tertiary/aromatic N) is 2. The molecule has 1 aliphatic rings. The highest BCUT2D eigenvalue weighted by Gasteiger charge is 2.25. The monoisotopic (exact) mass is 702 g/mol. The van der Waals surface area contributed by atoms with E-state index in [1.165, 1.54) is 66.1 Å². The summed E-state index contributed by atoms with van der Waals surface area (Å²) in [4.78, 5) is 7.43. The van der Waals surface area contributed by atoms with E-state index in [0.717, 1.165) is 40.1 Å². The third kappa shape index (κ3) is 5.32. The second kappa shape index (κ2) is 12.7. The van der Waals surface area contributed by atoms with Gasteiger partial charge in [0.2, 0.25) is 5.89 Å². The van der Waals surface area contributed by atoms with Crippen LogP contribution in [0.4, 0.5) is 17.1 Å². The van der Waals surface area contributed by atoms with E-state index in [-0.39, 0.29) is 0 Å². The molecule has 10 aromatic rings. The zero-order chi connectivity index (χ0) is 36.3. The molecule has 0 spiro atoms. The van der Waals surface area contributed by atoms with E-state index < -0.39 is 0 Å². The molecular weight excluding hydrogens is 669 g/mol. The van der Waals surface area contributed by atoms with Crippen molar-refractivity contribution in [2.45, 2.75) is 6.42 Å². The van der Waals surface area contributed by atoms with Gasteiger partial charge in [0, 0.05) is 28.1 Å².